The highest BCUT2D eigenvalue weighted by Crippen LogP contribution is 2.53. The number of carbonyl (C=O) groups is 1. The summed E-state index contributed by atoms with van der Waals surface area (Å²) in [5.74, 6) is 1.87. The Bertz CT molecular complexity index is 437. The molecular formula is C19H30O2. The van der Waals surface area contributed by atoms with Gasteiger partial charge in [0.1, 0.15) is 6.10 Å². The van der Waals surface area contributed by atoms with Gasteiger partial charge in [0.25, 0.3) is 0 Å². The van der Waals surface area contributed by atoms with Crippen LogP contribution in [0.5, 0.6) is 0 Å². The minimum absolute atomic E-state index is 0.0681. The molecule has 0 N–H and O–H groups in total. The van der Waals surface area contributed by atoms with Crippen LogP contribution in [0.25, 0.3) is 0 Å². The van der Waals surface area contributed by atoms with Gasteiger partial charge in [-0.3, -0.25) is 4.79 Å². The maximum atomic E-state index is 12.6. The molecule has 0 radical (unpaired) electrons. The summed E-state index contributed by atoms with van der Waals surface area (Å²) >= 11 is 0. The van der Waals surface area contributed by atoms with Crippen molar-refractivity contribution in [3.8, 4) is 0 Å². The van der Waals surface area contributed by atoms with Crippen LogP contribution in [0.3, 0.4) is 0 Å². The summed E-state index contributed by atoms with van der Waals surface area (Å²) in [5, 5.41) is 0. The molecule has 3 unspecified atom stereocenters. The van der Waals surface area contributed by atoms with Crippen LogP contribution < -0.4 is 0 Å². The van der Waals surface area contributed by atoms with Crippen molar-refractivity contribution in [3.63, 3.8) is 0 Å². The van der Waals surface area contributed by atoms with E-state index in [2.05, 4.69) is 39.8 Å². The molecule has 2 saturated carbocycles. The fourth-order valence-electron chi connectivity index (χ4n) is 4.66. The maximum absolute atomic E-state index is 12.6. The summed E-state index contributed by atoms with van der Waals surface area (Å²) in [4.78, 5) is 12.6. The number of allylic oxidation sites excluding steroid dienone is 2. The molecule has 3 atom stereocenters. The molecule has 21 heavy (non-hydrogen) atoms. The number of hydrogen-bond acceptors (Lipinski definition) is 2. The molecule has 3 aliphatic rings. The first-order valence-corrected chi connectivity index (χ1v) is 8.68. The first kappa shape index (κ1) is 15.1. The third-order valence-electron chi connectivity index (χ3n) is 6.32. The predicted octanol–water partition coefficient (Wildman–Crippen LogP) is 4.74. The molecule has 2 fully saturated rings. The van der Waals surface area contributed by atoms with Crippen LogP contribution in [0.2, 0.25) is 0 Å². The first-order valence-electron chi connectivity index (χ1n) is 8.68. The fraction of sp³-hybridized carbons (Fsp3) is 0.842. The van der Waals surface area contributed by atoms with Crippen molar-refractivity contribution in [1.29, 1.82) is 0 Å². The van der Waals surface area contributed by atoms with Crippen LogP contribution in [0.4, 0.5) is 0 Å². The molecular weight excluding hydrogens is 260 g/mol. The monoisotopic (exact) mass is 290 g/mol. The van der Waals surface area contributed by atoms with Gasteiger partial charge in [-0.1, -0.05) is 32.9 Å². The topological polar surface area (TPSA) is 26.3 Å². The zero-order chi connectivity index (χ0) is 15.3. The van der Waals surface area contributed by atoms with Gasteiger partial charge in [0.2, 0.25) is 0 Å². The van der Waals surface area contributed by atoms with E-state index in [0.29, 0.717) is 17.3 Å². The van der Waals surface area contributed by atoms with Crippen molar-refractivity contribution < 1.29 is 9.53 Å². The zero-order valence-corrected chi connectivity index (χ0v) is 14.0. The molecule has 0 spiro atoms. The Balaban J connectivity index is 1.54. The second-order valence-corrected chi connectivity index (χ2v) is 8.85. The summed E-state index contributed by atoms with van der Waals surface area (Å²) in [6.45, 7) is 9.09. The number of ether oxygens (including phenoxy) is 1. The molecule has 2 bridgehead atoms. The minimum atomic E-state index is -0.250. The maximum Gasteiger partial charge on any atom is 0.312 e. The van der Waals surface area contributed by atoms with Gasteiger partial charge in [0.05, 0.1) is 5.41 Å². The number of hydrogen-bond donors (Lipinski definition) is 0. The lowest BCUT2D eigenvalue weighted by atomic mass is 9.71. The van der Waals surface area contributed by atoms with Gasteiger partial charge in [-0.15, -0.1) is 0 Å². The van der Waals surface area contributed by atoms with Gasteiger partial charge in [0.15, 0.2) is 0 Å². The van der Waals surface area contributed by atoms with Crippen LogP contribution in [0.15, 0.2) is 12.2 Å². The van der Waals surface area contributed by atoms with E-state index in [4.69, 9.17) is 4.74 Å². The van der Waals surface area contributed by atoms with Gasteiger partial charge >= 0.3 is 5.97 Å². The van der Waals surface area contributed by atoms with E-state index in [1.54, 1.807) is 0 Å². The van der Waals surface area contributed by atoms with Crippen LogP contribution in [0, 0.1) is 28.6 Å². The lowest BCUT2D eigenvalue weighted by Gasteiger charge is -2.38. The highest BCUT2D eigenvalue weighted by Gasteiger charge is 2.51. The Hall–Kier alpha value is -0.790. The van der Waals surface area contributed by atoms with Crippen molar-refractivity contribution in [2.24, 2.45) is 28.6 Å². The molecule has 0 aliphatic heterocycles. The van der Waals surface area contributed by atoms with Gasteiger partial charge in [0, 0.05) is 0 Å². The molecule has 0 saturated heterocycles. The second-order valence-electron chi connectivity index (χ2n) is 8.85. The van der Waals surface area contributed by atoms with E-state index < -0.39 is 0 Å². The van der Waals surface area contributed by atoms with Crippen LogP contribution >= 0.6 is 0 Å². The average molecular weight is 290 g/mol. The van der Waals surface area contributed by atoms with E-state index in [1.807, 2.05) is 0 Å². The van der Waals surface area contributed by atoms with E-state index in [0.717, 1.165) is 31.6 Å². The van der Waals surface area contributed by atoms with Crippen LogP contribution in [-0.4, -0.2) is 12.1 Å². The quantitative estimate of drug-likeness (QED) is 0.542. The Kier molecular flexibility index (Phi) is 3.70. The molecule has 3 rings (SSSR count). The lowest BCUT2D eigenvalue weighted by molar-refractivity contribution is -0.164. The number of rotatable bonds is 2. The smallest absolute Gasteiger partial charge is 0.312 e. The van der Waals surface area contributed by atoms with E-state index in [-0.39, 0.29) is 17.5 Å². The van der Waals surface area contributed by atoms with Crippen molar-refractivity contribution >= 4 is 5.97 Å². The van der Waals surface area contributed by atoms with Crippen LogP contribution in [0.1, 0.15) is 66.2 Å². The summed E-state index contributed by atoms with van der Waals surface area (Å²) in [5.41, 5.74) is 0.136. The van der Waals surface area contributed by atoms with E-state index >= 15 is 0 Å². The Morgan fingerprint density at radius 1 is 1.14 bits per heavy atom. The molecule has 2 heteroatoms. The summed E-state index contributed by atoms with van der Waals surface area (Å²) in [6, 6.07) is 0. The molecule has 0 aromatic rings. The number of esters is 1. The fourth-order valence-corrected chi connectivity index (χ4v) is 4.66. The molecule has 0 heterocycles. The van der Waals surface area contributed by atoms with Gasteiger partial charge in [-0.05, 0) is 68.6 Å². The van der Waals surface area contributed by atoms with Gasteiger partial charge in [-0.2, -0.15) is 0 Å². The summed E-state index contributed by atoms with van der Waals surface area (Å²) in [7, 11) is 0. The zero-order valence-electron chi connectivity index (χ0n) is 14.0. The SMILES string of the molecule is CC(C)(C)C1CCC(OC(=O)C2(C)CC3C=CC2C3)CC1. The summed E-state index contributed by atoms with van der Waals surface area (Å²) < 4.78 is 5.92. The standard InChI is InChI=1S/C19H30O2/c1-18(2,3)14-7-9-16(10-8-14)21-17(20)19(4)12-13-5-6-15(19)11-13/h5-6,13-16H,7-12H2,1-4H3. The van der Waals surface area contributed by atoms with Gasteiger partial charge < -0.3 is 4.74 Å². The highest BCUT2D eigenvalue weighted by molar-refractivity contribution is 5.78. The normalized spacial score (nSPS) is 42.3. The molecule has 3 aliphatic carbocycles. The lowest BCUT2D eigenvalue weighted by Crippen LogP contribution is -2.38. The second kappa shape index (κ2) is 5.14. The van der Waals surface area contributed by atoms with Crippen molar-refractivity contribution in [2.75, 3.05) is 0 Å². The largest absolute Gasteiger partial charge is 0.462 e. The average Bonchev–Trinajstić information content (AvgIpc) is 2.99. The van der Waals surface area contributed by atoms with Crippen molar-refractivity contribution in [2.45, 2.75) is 72.3 Å². The minimum Gasteiger partial charge on any atom is -0.462 e. The third kappa shape index (κ3) is 2.78. The number of carbonyl (C=O) groups excluding carboxylic acids is 1. The molecule has 2 nitrogen and oxygen atoms in total. The Labute approximate surface area is 129 Å². The molecule has 118 valence electrons. The first-order chi connectivity index (χ1) is 9.79. The summed E-state index contributed by atoms with van der Waals surface area (Å²) in [6.07, 6.45) is 11.3. The Morgan fingerprint density at radius 2 is 1.81 bits per heavy atom. The highest BCUT2D eigenvalue weighted by atomic mass is 16.5. The predicted molar refractivity (Wildman–Crippen MR) is 84.8 cm³/mol. The number of fused-ring (bicyclic) bond motifs is 2. The van der Waals surface area contributed by atoms with Crippen LogP contribution in [-0.2, 0) is 9.53 Å². The van der Waals surface area contributed by atoms with E-state index in [9.17, 15) is 4.79 Å². The molecule has 0 aromatic carbocycles. The Morgan fingerprint density at radius 3 is 2.29 bits per heavy atom. The van der Waals surface area contributed by atoms with Gasteiger partial charge in [-0.25, -0.2) is 0 Å². The third-order valence-corrected chi connectivity index (χ3v) is 6.32. The van der Waals surface area contributed by atoms with Crippen molar-refractivity contribution in [3.05, 3.63) is 12.2 Å². The molecule has 0 aromatic heterocycles. The van der Waals surface area contributed by atoms with Crippen molar-refractivity contribution in [1.82, 2.24) is 0 Å². The molecule has 0 amide bonds. The van der Waals surface area contributed by atoms with E-state index in [1.165, 1.54) is 12.8 Å².